The molecule has 1 unspecified atom stereocenters. The van der Waals surface area contributed by atoms with Crippen molar-refractivity contribution in [3.8, 4) is 0 Å². The van der Waals surface area contributed by atoms with Crippen LogP contribution in [0.3, 0.4) is 0 Å². The summed E-state index contributed by atoms with van der Waals surface area (Å²) in [6.07, 6.45) is 0.908. The summed E-state index contributed by atoms with van der Waals surface area (Å²) in [4.78, 5) is 2.11. The Hall–Kier alpha value is -1.22. The molecule has 13 heavy (non-hydrogen) atoms. The van der Waals surface area contributed by atoms with E-state index >= 15 is 0 Å². The average Bonchev–Trinajstić information content (AvgIpc) is 2.17. The molecule has 0 spiro atoms. The van der Waals surface area contributed by atoms with Crippen LogP contribution in [0, 0.1) is 5.53 Å². The lowest BCUT2D eigenvalue weighted by Gasteiger charge is -2.30. The van der Waals surface area contributed by atoms with Gasteiger partial charge in [0.1, 0.15) is 6.17 Å². The second-order valence-electron chi connectivity index (χ2n) is 3.50. The molecule has 3 heteroatoms. The fourth-order valence-electron chi connectivity index (χ4n) is 1.78. The van der Waals surface area contributed by atoms with E-state index in [1.54, 1.807) is 0 Å². The van der Waals surface area contributed by atoms with Gasteiger partial charge in [0, 0.05) is 13.0 Å². The summed E-state index contributed by atoms with van der Waals surface area (Å²) in [6, 6.07) is 8.38. The zero-order chi connectivity index (χ0) is 9.26. The number of hydrogen-bond donors (Lipinski definition) is 1. The van der Waals surface area contributed by atoms with Crippen molar-refractivity contribution in [2.24, 2.45) is 5.11 Å². The molecule has 0 radical (unpaired) electrons. The second kappa shape index (κ2) is 3.26. The lowest BCUT2D eigenvalue weighted by molar-refractivity contribution is 0.212. The van der Waals surface area contributed by atoms with Gasteiger partial charge in [-0.05, 0) is 18.2 Å². The molecule has 1 N–H and O–H groups in total. The lowest BCUT2D eigenvalue weighted by atomic mass is 9.98. The van der Waals surface area contributed by atoms with Gasteiger partial charge in [0.25, 0.3) is 0 Å². The first kappa shape index (κ1) is 8.38. The molecule has 68 valence electrons. The molecular formula is C10H13N3. The van der Waals surface area contributed by atoms with Gasteiger partial charge in [0.05, 0.1) is 0 Å². The van der Waals surface area contributed by atoms with Crippen molar-refractivity contribution in [2.45, 2.75) is 19.1 Å². The number of benzene rings is 1. The molecule has 0 fully saturated rings. The number of rotatable bonds is 1. The Balaban J connectivity index is 2.32. The van der Waals surface area contributed by atoms with Crippen LogP contribution in [0.25, 0.3) is 0 Å². The van der Waals surface area contributed by atoms with E-state index in [4.69, 9.17) is 5.53 Å². The highest BCUT2D eigenvalue weighted by molar-refractivity contribution is 5.29. The third kappa shape index (κ3) is 1.47. The van der Waals surface area contributed by atoms with E-state index in [0.717, 1.165) is 13.0 Å². The van der Waals surface area contributed by atoms with Crippen LogP contribution in [-0.4, -0.2) is 18.1 Å². The van der Waals surface area contributed by atoms with Crippen molar-refractivity contribution < 1.29 is 0 Å². The van der Waals surface area contributed by atoms with Crippen molar-refractivity contribution in [1.29, 1.82) is 5.53 Å². The summed E-state index contributed by atoms with van der Waals surface area (Å²) in [5.41, 5.74) is 9.75. The smallest absolute Gasteiger partial charge is 0.127 e. The van der Waals surface area contributed by atoms with Gasteiger partial charge >= 0.3 is 0 Å². The molecule has 1 heterocycles. The van der Waals surface area contributed by atoms with E-state index in [0.29, 0.717) is 0 Å². The van der Waals surface area contributed by atoms with Crippen LogP contribution >= 0.6 is 0 Å². The minimum atomic E-state index is 0.0369. The summed E-state index contributed by atoms with van der Waals surface area (Å²) >= 11 is 0. The zero-order valence-corrected chi connectivity index (χ0v) is 7.70. The van der Waals surface area contributed by atoms with Gasteiger partial charge in [-0.2, -0.15) is 5.11 Å². The zero-order valence-electron chi connectivity index (χ0n) is 7.70. The Kier molecular flexibility index (Phi) is 2.10. The number of hydrogen-bond acceptors (Lipinski definition) is 3. The molecular weight excluding hydrogens is 162 g/mol. The van der Waals surface area contributed by atoms with Crippen LogP contribution in [-0.2, 0) is 13.0 Å². The van der Waals surface area contributed by atoms with Crippen molar-refractivity contribution in [3.05, 3.63) is 35.4 Å². The Bertz CT molecular complexity index is 322. The number of nitrogens with zero attached hydrogens (tertiary/aromatic N) is 2. The molecule has 0 bridgehead atoms. The van der Waals surface area contributed by atoms with E-state index < -0.39 is 0 Å². The number of nitrogens with one attached hydrogen (secondary N) is 1. The van der Waals surface area contributed by atoms with Crippen LogP contribution < -0.4 is 0 Å². The Morgan fingerprint density at radius 2 is 2.08 bits per heavy atom. The monoisotopic (exact) mass is 175 g/mol. The molecule has 1 aromatic carbocycles. The summed E-state index contributed by atoms with van der Waals surface area (Å²) < 4.78 is 0. The van der Waals surface area contributed by atoms with Gasteiger partial charge in [-0.1, -0.05) is 24.3 Å². The maximum Gasteiger partial charge on any atom is 0.127 e. The Labute approximate surface area is 77.9 Å². The molecule has 0 aliphatic carbocycles. The minimum Gasteiger partial charge on any atom is -0.279 e. The number of likely N-dealkylation sites (N-methyl/N-ethyl adjacent to an activating group) is 1. The molecule has 2 rings (SSSR count). The van der Waals surface area contributed by atoms with Crippen LogP contribution in [0.4, 0.5) is 0 Å². The topological polar surface area (TPSA) is 39.5 Å². The Morgan fingerprint density at radius 1 is 1.38 bits per heavy atom. The summed E-state index contributed by atoms with van der Waals surface area (Å²) in [5, 5.41) is 3.60. The van der Waals surface area contributed by atoms with Gasteiger partial charge in [-0.3, -0.25) is 4.90 Å². The fraction of sp³-hybridized carbons (Fsp3) is 0.400. The predicted molar refractivity (Wildman–Crippen MR) is 50.5 cm³/mol. The quantitative estimate of drug-likeness (QED) is 0.652. The number of fused-ring (bicyclic) bond motifs is 1. The third-order valence-electron chi connectivity index (χ3n) is 2.60. The van der Waals surface area contributed by atoms with Crippen LogP contribution in [0.15, 0.2) is 29.4 Å². The SMILES string of the molecule is CN1Cc2ccccc2CC1N=N. The van der Waals surface area contributed by atoms with E-state index in [1.165, 1.54) is 11.1 Å². The molecule has 1 aliphatic rings. The normalized spacial score (nSPS) is 22.4. The van der Waals surface area contributed by atoms with E-state index in [9.17, 15) is 0 Å². The van der Waals surface area contributed by atoms with E-state index in [2.05, 4.69) is 28.2 Å². The summed E-state index contributed by atoms with van der Waals surface area (Å²) in [6.45, 7) is 0.906. The highest BCUT2D eigenvalue weighted by Gasteiger charge is 2.21. The van der Waals surface area contributed by atoms with Gasteiger partial charge < -0.3 is 0 Å². The van der Waals surface area contributed by atoms with E-state index in [1.807, 2.05) is 13.1 Å². The summed E-state index contributed by atoms with van der Waals surface area (Å²) in [5.74, 6) is 0. The lowest BCUT2D eigenvalue weighted by Crippen LogP contribution is -2.35. The van der Waals surface area contributed by atoms with Crippen LogP contribution in [0.5, 0.6) is 0 Å². The molecule has 0 saturated carbocycles. The highest BCUT2D eigenvalue weighted by Crippen LogP contribution is 2.21. The van der Waals surface area contributed by atoms with Gasteiger partial charge in [-0.25, -0.2) is 5.53 Å². The van der Waals surface area contributed by atoms with Crippen molar-refractivity contribution in [3.63, 3.8) is 0 Å². The molecule has 1 atom stereocenters. The average molecular weight is 175 g/mol. The van der Waals surface area contributed by atoms with Crippen molar-refractivity contribution in [1.82, 2.24) is 4.90 Å². The highest BCUT2D eigenvalue weighted by atomic mass is 15.3. The first-order valence-corrected chi connectivity index (χ1v) is 4.45. The Morgan fingerprint density at radius 3 is 2.77 bits per heavy atom. The molecule has 1 aromatic rings. The third-order valence-corrected chi connectivity index (χ3v) is 2.60. The predicted octanol–water partition coefficient (Wildman–Crippen LogP) is 2.03. The maximum atomic E-state index is 7.05. The molecule has 0 amide bonds. The molecule has 1 aliphatic heterocycles. The maximum absolute atomic E-state index is 7.05. The van der Waals surface area contributed by atoms with Crippen molar-refractivity contribution >= 4 is 0 Å². The van der Waals surface area contributed by atoms with Gasteiger partial charge in [-0.15, -0.1) is 0 Å². The fourth-order valence-corrected chi connectivity index (χ4v) is 1.78. The van der Waals surface area contributed by atoms with Crippen molar-refractivity contribution in [2.75, 3.05) is 7.05 Å². The molecule has 0 saturated heterocycles. The largest absolute Gasteiger partial charge is 0.279 e. The first-order chi connectivity index (χ1) is 6.31. The molecule has 3 nitrogen and oxygen atoms in total. The standard InChI is InChI=1S/C10H13N3/c1-13-7-9-5-3-2-4-8(9)6-10(13)12-11/h2-5,10-11H,6-7H2,1H3. The van der Waals surface area contributed by atoms with Crippen LogP contribution in [0.1, 0.15) is 11.1 Å². The van der Waals surface area contributed by atoms with Crippen LogP contribution in [0.2, 0.25) is 0 Å². The minimum absolute atomic E-state index is 0.0369. The second-order valence-corrected chi connectivity index (χ2v) is 3.50. The molecule has 0 aromatic heterocycles. The first-order valence-electron chi connectivity index (χ1n) is 4.45. The summed E-state index contributed by atoms with van der Waals surface area (Å²) in [7, 11) is 2.01. The van der Waals surface area contributed by atoms with E-state index in [-0.39, 0.29) is 6.17 Å². The van der Waals surface area contributed by atoms with Gasteiger partial charge in [0.2, 0.25) is 0 Å². The van der Waals surface area contributed by atoms with Gasteiger partial charge in [0.15, 0.2) is 0 Å².